The highest BCUT2D eigenvalue weighted by molar-refractivity contribution is 14.1. The van der Waals surface area contributed by atoms with Crippen LogP contribution in [0, 0.1) is 16.4 Å². The molecule has 1 aliphatic rings. The number of nitrogens with zero attached hydrogens (tertiary/aromatic N) is 1. The Morgan fingerprint density at radius 3 is 2.88 bits per heavy atom. The van der Waals surface area contributed by atoms with Crippen LogP contribution in [0.15, 0.2) is 18.2 Å². The van der Waals surface area contributed by atoms with Gasteiger partial charge in [-0.2, -0.15) is 0 Å². The summed E-state index contributed by atoms with van der Waals surface area (Å²) in [5.74, 6) is 0.694. The lowest BCUT2D eigenvalue weighted by Gasteiger charge is -2.19. The summed E-state index contributed by atoms with van der Waals surface area (Å²) in [4.78, 5) is 13.8. The minimum absolute atomic E-state index is 0.244. The van der Waals surface area contributed by atoms with E-state index in [0.29, 0.717) is 12.3 Å². The van der Waals surface area contributed by atoms with E-state index in [4.69, 9.17) is 0 Å². The van der Waals surface area contributed by atoms with E-state index in [0.717, 1.165) is 17.6 Å². The summed E-state index contributed by atoms with van der Waals surface area (Å²) >= 11 is 5.74. The molecule has 0 spiro atoms. The summed E-state index contributed by atoms with van der Waals surface area (Å²) in [5, 5.41) is 0.901. The van der Waals surface area contributed by atoms with Gasteiger partial charge in [-0.15, -0.1) is 0 Å². The van der Waals surface area contributed by atoms with E-state index in [9.17, 15) is 4.79 Å². The molecule has 1 aliphatic heterocycles. The third-order valence-corrected chi connectivity index (χ3v) is 4.46. The van der Waals surface area contributed by atoms with E-state index >= 15 is 0 Å². The van der Waals surface area contributed by atoms with Crippen LogP contribution in [0.1, 0.15) is 12.0 Å². The largest absolute Gasteiger partial charge is 0.312 e. The van der Waals surface area contributed by atoms with Crippen LogP contribution < -0.4 is 4.90 Å². The smallest absolute Gasteiger partial charge is 0.227 e. The number of carbonyl (C=O) groups is 1. The molecule has 1 amide bonds. The lowest BCUT2D eigenvalue weighted by Crippen LogP contribution is -2.25. The summed E-state index contributed by atoms with van der Waals surface area (Å²) in [7, 11) is 0. The van der Waals surface area contributed by atoms with E-state index in [-0.39, 0.29) is 5.91 Å². The molecule has 0 bridgehead atoms. The maximum absolute atomic E-state index is 11.9. The molecule has 0 N–H and O–H groups in total. The second-order valence-corrected chi connectivity index (χ2v) is 6.05. The van der Waals surface area contributed by atoms with Crippen molar-refractivity contribution in [1.29, 1.82) is 0 Å². The van der Waals surface area contributed by atoms with E-state index in [2.05, 4.69) is 57.6 Å². The minimum atomic E-state index is 0.244. The number of benzene rings is 1. The maximum atomic E-state index is 11.9. The SMILES string of the molecule is Cc1cc(I)ccc1N1CC(CBr)CC1=O. The monoisotopic (exact) mass is 393 g/mol. The molecule has 0 aromatic heterocycles. The number of hydrogen-bond donors (Lipinski definition) is 0. The van der Waals surface area contributed by atoms with Crippen LogP contribution in [0.25, 0.3) is 0 Å². The van der Waals surface area contributed by atoms with Crippen LogP contribution >= 0.6 is 38.5 Å². The van der Waals surface area contributed by atoms with Gasteiger partial charge >= 0.3 is 0 Å². The number of amides is 1. The molecule has 16 heavy (non-hydrogen) atoms. The molecule has 1 saturated heterocycles. The fourth-order valence-electron chi connectivity index (χ4n) is 2.04. The summed E-state index contributed by atoms with van der Waals surface area (Å²) < 4.78 is 1.21. The Morgan fingerprint density at radius 1 is 1.56 bits per heavy atom. The van der Waals surface area contributed by atoms with Gasteiger partial charge < -0.3 is 4.90 Å². The van der Waals surface area contributed by atoms with Gasteiger partial charge in [-0.1, -0.05) is 15.9 Å². The average Bonchev–Trinajstić information content (AvgIpc) is 2.60. The van der Waals surface area contributed by atoms with Crippen molar-refractivity contribution in [3.05, 3.63) is 27.3 Å². The van der Waals surface area contributed by atoms with Gasteiger partial charge in [0.15, 0.2) is 0 Å². The molecule has 1 fully saturated rings. The van der Waals surface area contributed by atoms with Crippen molar-refractivity contribution < 1.29 is 4.79 Å². The highest BCUT2D eigenvalue weighted by Gasteiger charge is 2.30. The van der Waals surface area contributed by atoms with E-state index in [1.165, 1.54) is 9.13 Å². The molecule has 2 rings (SSSR count). The first-order valence-electron chi connectivity index (χ1n) is 5.24. The van der Waals surface area contributed by atoms with Crippen LogP contribution in [0.3, 0.4) is 0 Å². The van der Waals surface area contributed by atoms with E-state index in [1.807, 2.05) is 11.0 Å². The molecule has 1 atom stereocenters. The van der Waals surface area contributed by atoms with Crippen LogP contribution in [-0.4, -0.2) is 17.8 Å². The predicted molar refractivity (Wildman–Crippen MR) is 78.2 cm³/mol. The first-order chi connectivity index (χ1) is 7.61. The topological polar surface area (TPSA) is 20.3 Å². The molecule has 1 unspecified atom stereocenters. The van der Waals surface area contributed by atoms with Crippen molar-refractivity contribution in [3.8, 4) is 0 Å². The standard InChI is InChI=1S/C12H13BrINO/c1-8-4-10(14)2-3-11(8)15-7-9(6-13)5-12(15)16/h2-4,9H,5-7H2,1H3. The van der Waals surface area contributed by atoms with Gasteiger partial charge in [0.1, 0.15) is 0 Å². The molecule has 1 heterocycles. The van der Waals surface area contributed by atoms with Crippen LogP contribution in [0.5, 0.6) is 0 Å². The van der Waals surface area contributed by atoms with Gasteiger partial charge in [-0.3, -0.25) is 4.79 Å². The Kier molecular flexibility index (Phi) is 3.89. The van der Waals surface area contributed by atoms with Gasteiger partial charge in [0.25, 0.3) is 0 Å². The summed E-state index contributed by atoms with van der Waals surface area (Å²) in [6.07, 6.45) is 0.663. The van der Waals surface area contributed by atoms with Gasteiger partial charge in [0.05, 0.1) is 0 Å². The molecule has 0 saturated carbocycles. The zero-order chi connectivity index (χ0) is 11.7. The quantitative estimate of drug-likeness (QED) is 0.557. The highest BCUT2D eigenvalue weighted by atomic mass is 127. The maximum Gasteiger partial charge on any atom is 0.227 e. The van der Waals surface area contributed by atoms with Crippen molar-refractivity contribution in [3.63, 3.8) is 0 Å². The first-order valence-corrected chi connectivity index (χ1v) is 7.44. The van der Waals surface area contributed by atoms with Gasteiger partial charge in [0, 0.05) is 27.6 Å². The zero-order valence-corrected chi connectivity index (χ0v) is 12.8. The molecule has 0 aliphatic carbocycles. The number of aryl methyl sites for hydroxylation is 1. The second kappa shape index (κ2) is 5.04. The number of anilines is 1. The Bertz CT molecular complexity index is 421. The Hall–Kier alpha value is -0.100. The minimum Gasteiger partial charge on any atom is -0.312 e. The number of halogens is 2. The normalized spacial score (nSPS) is 20.6. The number of hydrogen-bond acceptors (Lipinski definition) is 1. The number of carbonyl (C=O) groups excluding carboxylic acids is 1. The van der Waals surface area contributed by atoms with Crippen molar-refractivity contribution in [1.82, 2.24) is 0 Å². The lowest BCUT2D eigenvalue weighted by molar-refractivity contribution is -0.117. The van der Waals surface area contributed by atoms with Gasteiger partial charge in [0.2, 0.25) is 5.91 Å². The molecular formula is C12H13BrINO. The van der Waals surface area contributed by atoms with Crippen LogP contribution in [0.2, 0.25) is 0 Å². The lowest BCUT2D eigenvalue weighted by atomic mass is 10.1. The molecule has 1 aromatic rings. The molecule has 0 radical (unpaired) electrons. The molecule has 86 valence electrons. The Labute approximate surface area is 118 Å². The molecule has 1 aromatic carbocycles. The summed E-state index contributed by atoms with van der Waals surface area (Å²) in [6.45, 7) is 2.90. The zero-order valence-electron chi connectivity index (χ0n) is 9.04. The molecule has 2 nitrogen and oxygen atoms in total. The van der Waals surface area contributed by atoms with E-state index < -0.39 is 0 Å². The predicted octanol–water partition coefficient (Wildman–Crippen LogP) is 3.35. The van der Waals surface area contributed by atoms with Crippen LogP contribution in [-0.2, 0) is 4.79 Å². The fourth-order valence-corrected chi connectivity index (χ4v) is 3.12. The second-order valence-electron chi connectivity index (χ2n) is 4.16. The Balaban J connectivity index is 2.28. The van der Waals surface area contributed by atoms with Crippen molar-refractivity contribution in [2.75, 3.05) is 16.8 Å². The Morgan fingerprint density at radius 2 is 2.31 bits per heavy atom. The van der Waals surface area contributed by atoms with E-state index in [1.54, 1.807) is 0 Å². The van der Waals surface area contributed by atoms with Crippen molar-refractivity contribution in [2.45, 2.75) is 13.3 Å². The van der Waals surface area contributed by atoms with Gasteiger partial charge in [-0.05, 0) is 59.2 Å². The van der Waals surface area contributed by atoms with Crippen LogP contribution in [0.4, 0.5) is 5.69 Å². The third kappa shape index (κ3) is 2.42. The highest BCUT2D eigenvalue weighted by Crippen LogP contribution is 2.29. The van der Waals surface area contributed by atoms with Crippen molar-refractivity contribution in [2.24, 2.45) is 5.92 Å². The first kappa shape index (κ1) is 12.4. The van der Waals surface area contributed by atoms with Crippen molar-refractivity contribution >= 4 is 50.1 Å². The molecular weight excluding hydrogens is 381 g/mol. The summed E-state index contributed by atoms with van der Waals surface area (Å²) in [6, 6.07) is 6.22. The summed E-state index contributed by atoms with van der Waals surface area (Å²) in [5.41, 5.74) is 2.24. The fraction of sp³-hybridized carbons (Fsp3) is 0.417. The average molecular weight is 394 g/mol. The third-order valence-electron chi connectivity index (χ3n) is 2.87. The number of alkyl halides is 1. The van der Waals surface area contributed by atoms with Gasteiger partial charge in [-0.25, -0.2) is 0 Å². The molecule has 4 heteroatoms. The number of rotatable bonds is 2.